The van der Waals surface area contributed by atoms with Crippen LogP contribution in [0.3, 0.4) is 0 Å². The van der Waals surface area contributed by atoms with Crippen molar-refractivity contribution in [3.63, 3.8) is 0 Å². The van der Waals surface area contributed by atoms with Crippen LogP contribution in [0.25, 0.3) is 0 Å². The summed E-state index contributed by atoms with van der Waals surface area (Å²) in [7, 11) is 0. The van der Waals surface area contributed by atoms with Crippen molar-refractivity contribution in [2.24, 2.45) is 5.92 Å². The molecule has 0 radical (unpaired) electrons. The number of nitrogens with one attached hydrogen (secondary N) is 2. The van der Waals surface area contributed by atoms with Gasteiger partial charge in [-0.3, -0.25) is 0 Å². The molecule has 1 saturated carbocycles. The van der Waals surface area contributed by atoms with Crippen molar-refractivity contribution in [3.8, 4) is 0 Å². The van der Waals surface area contributed by atoms with Crippen molar-refractivity contribution in [2.45, 2.75) is 45.6 Å². The second kappa shape index (κ2) is 7.09. The number of aryl methyl sites for hydroxylation is 2. The van der Waals surface area contributed by atoms with Gasteiger partial charge in [0.2, 0.25) is 0 Å². The molecule has 0 atom stereocenters. The molecule has 0 saturated heterocycles. The zero-order valence-electron chi connectivity index (χ0n) is 12.4. The molecule has 116 valence electrons. The van der Waals surface area contributed by atoms with E-state index in [1.165, 1.54) is 0 Å². The molecule has 1 fully saturated rings. The molecular formula is C15H22ClN3O2. The molecule has 1 heterocycles. The molecule has 3 N–H and O–H groups in total. The minimum atomic E-state index is -0.252. The number of aromatic nitrogens is 1. The van der Waals surface area contributed by atoms with E-state index in [0.717, 1.165) is 36.9 Å². The number of amides is 2. The molecule has 1 aromatic heterocycles. The van der Waals surface area contributed by atoms with Gasteiger partial charge in [0.25, 0.3) is 0 Å². The van der Waals surface area contributed by atoms with Crippen molar-refractivity contribution in [2.75, 3.05) is 11.9 Å². The smallest absolute Gasteiger partial charge is 0.319 e. The summed E-state index contributed by atoms with van der Waals surface area (Å²) in [4.78, 5) is 16.2. The summed E-state index contributed by atoms with van der Waals surface area (Å²) in [6.07, 6.45) is 3.70. The lowest BCUT2D eigenvalue weighted by molar-refractivity contribution is 0.176. The Hall–Kier alpha value is -1.33. The van der Waals surface area contributed by atoms with Gasteiger partial charge in [-0.25, -0.2) is 9.78 Å². The SMILES string of the molecule is Cc1cc(C)c(NC(=O)NC2CCC(CO)CC2)c(Cl)n1. The Morgan fingerprint density at radius 2 is 2.05 bits per heavy atom. The van der Waals surface area contributed by atoms with Crippen LogP contribution >= 0.6 is 11.6 Å². The first-order valence-electron chi connectivity index (χ1n) is 7.31. The molecule has 5 nitrogen and oxygen atoms in total. The lowest BCUT2D eigenvalue weighted by Crippen LogP contribution is -2.40. The monoisotopic (exact) mass is 311 g/mol. The number of pyridine rings is 1. The molecule has 2 amide bonds. The van der Waals surface area contributed by atoms with E-state index in [1.54, 1.807) is 0 Å². The third-order valence-electron chi connectivity index (χ3n) is 3.98. The second-order valence-corrected chi connectivity index (χ2v) is 6.10. The Balaban J connectivity index is 1.91. The van der Waals surface area contributed by atoms with E-state index in [-0.39, 0.29) is 18.7 Å². The molecule has 6 heteroatoms. The summed E-state index contributed by atoms with van der Waals surface area (Å²) in [6, 6.07) is 1.79. The summed E-state index contributed by atoms with van der Waals surface area (Å²) in [5.74, 6) is 0.379. The van der Waals surface area contributed by atoms with Gasteiger partial charge in [0, 0.05) is 18.3 Å². The first-order chi connectivity index (χ1) is 9.99. The fraction of sp³-hybridized carbons (Fsp3) is 0.600. The Morgan fingerprint density at radius 1 is 1.38 bits per heavy atom. The highest BCUT2D eigenvalue weighted by Gasteiger charge is 2.22. The lowest BCUT2D eigenvalue weighted by Gasteiger charge is -2.28. The van der Waals surface area contributed by atoms with Gasteiger partial charge in [-0.2, -0.15) is 0 Å². The van der Waals surface area contributed by atoms with E-state index >= 15 is 0 Å². The zero-order valence-corrected chi connectivity index (χ0v) is 13.2. The van der Waals surface area contributed by atoms with Gasteiger partial charge in [-0.05, 0) is 57.1 Å². The Kier molecular flexibility index (Phi) is 5.42. The van der Waals surface area contributed by atoms with Crippen LogP contribution in [0.4, 0.5) is 10.5 Å². The highest BCUT2D eigenvalue weighted by atomic mass is 35.5. The summed E-state index contributed by atoms with van der Waals surface area (Å²) >= 11 is 6.08. The van der Waals surface area contributed by atoms with E-state index in [0.29, 0.717) is 16.8 Å². The molecule has 1 aliphatic rings. The van der Waals surface area contributed by atoms with E-state index in [1.807, 2.05) is 19.9 Å². The van der Waals surface area contributed by atoms with E-state index in [4.69, 9.17) is 16.7 Å². The lowest BCUT2D eigenvalue weighted by atomic mass is 9.87. The van der Waals surface area contributed by atoms with Gasteiger partial charge in [-0.1, -0.05) is 11.6 Å². The van der Waals surface area contributed by atoms with Crippen LogP contribution in [0.5, 0.6) is 0 Å². The highest BCUT2D eigenvalue weighted by molar-refractivity contribution is 6.32. The Morgan fingerprint density at radius 3 is 2.62 bits per heavy atom. The van der Waals surface area contributed by atoms with Crippen LogP contribution in [0.15, 0.2) is 6.07 Å². The van der Waals surface area contributed by atoms with Crippen LogP contribution < -0.4 is 10.6 Å². The minimum Gasteiger partial charge on any atom is -0.396 e. The van der Waals surface area contributed by atoms with Crippen LogP contribution in [0, 0.1) is 19.8 Å². The number of aliphatic hydroxyl groups excluding tert-OH is 1. The standard InChI is InChI=1S/C15H22ClN3O2/c1-9-7-10(2)17-14(16)13(9)19-15(21)18-12-5-3-11(8-20)4-6-12/h7,11-12,20H,3-6,8H2,1-2H3,(H2,18,19,21). The fourth-order valence-electron chi connectivity index (χ4n) is 2.77. The van der Waals surface area contributed by atoms with Crippen molar-refractivity contribution in [1.29, 1.82) is 0 Å². The molecule has 21 heavy (non-hydrogen) atoms. The van der Waals surface area contributed by atoms with Crippen molar-refractivity contribution in [1.82, 2.24) is 10.3 Å². The average Bonchev–Trinajstić information content (AvgIpc) is 2.43. The average molecular weight is 312 g/mol. The van der Waals surface area contributed by atoms with Gasteiger partial charge in [0.15, 0.2) is 5.15 Å². The van der Waals surface area contributed by atoms with Gasteiger partial charge >= 0.3 is 6.03 Å². The summed E-state index contributed by atoms with van der Waals surface area (Å²) in [5.41, 5.74) is 2.28. The summed E-state index contributed by atoms with van der Waals surface area (Å²) in [6.45, 7) is 3.99. The van der Waals surface area contributed by atoms with Crippen molar-refractivity contribution in [3.05, 3.63) is 22.5 Å². The number of carbonyl (C=O) groups excluding carboxylic acids is 1. The van der Waals surface area contributed by atoms with E-state index in [9.17, 15) is 4.79 Å². The molecule has 0 aliphatic heterocycles. The minimum absolute atomic E-state index is 0.158. The first kappa shape index (κ1) is 16.0. The van der Waals surface area contributed by atoms with Crippen LogP contribution in [-0.2, 0) is 0 Å². The summed E-state index contributed by atoms with van der Waals surface area (Å²) < 4.78 is 0. The van der Waals surface area contributed by atoms with E-state index < -0.39 is 0 Å². The predicted octanol–water partition coefficient (Wildman–Crippen LogP) is 3.02. The van der Waals surface area contributed by atoms with Gasteiger partial charge in [0.05, 0.1) is 5.69 Å². The summed E-state index contributed by atoms with van der Waals surface area (Å²) in [5, 5.41) is 15.2. The number of nitrogens with zero attached hydrogens (tertiary/aromatic N) is 1. The molecule has 2 rings (SSSR count). The number of aliphatic hydroxyl groups is 1. The largest absolute Gasteiger partial charge is 0.396 e. The topological polar surface area (TPSA) is 74.2 Å². The zero-order chi connectivity index (χ0) is 15.4. The number of rotatable bonds is 3. The maximum absolute atomic E-state index is 12.1. The van der Waals surface area contributed by atoms with Gasteiger partial charge < -0.3 is 15.7 Å². The molecule has 0 unspecified atom stereocenters. The Labute approximate surface area is 130 Å². The molecule has 0 aromatic carbocycles. The maximum atomic E-state index is 12.1. The first-order valence-corrected chi connectivity index (χ1v) is 7.69. The van der Waals surface area contributed by atoms with Crippen LogP contribution in [-0.4, -0.2) is 28.8 Å². The van der Waals surface area contributed by atoms with Gasteiger partial charge in [-0.15, -0.1) is 0 Å². The molecule has 0 spiro atoms. The fourth-order valence-corrected chi connectivity index (χ4v) is 3.10. The third kappa shape index (κ3) is 4.32. The number of carbonyl (C=O) groups is 1. The molecule has 0 bridgehead atoms. The molecule has 1 aromatic rings. The quantitative estimate of drug-likeness (QED) is 0.751. The van der Waals surface area contributed by atoms with E-state index in [2.05, 4.69) is 15.6 Å². The van der Waals surface area contributed by atoms with Gasteiger partial charge in [0.1, 0.15) is 0 Å². The van der Waals surface area contributed by atoms with Crippen molar-refractivity contribution >= 4 is 23.3 Å². The second-order valence-electron chi connectivity index (χ2n) is 5.75. The predicted molar refractivity (Wildman–Crippen MR) is 83.7 cm³/mol. The normalized spacial score (nSPS) is 21.9. The van der Waals surface area contributed by atoms with Crippen molar-refractivity contribution < 1.29 is 9.90 Å². The number of hydrogen-bond acceptors (Lipinski definition) is 3. The maximum Gasteiger partial charge on any atom is 0.319 e. The highest BCUT2D eigenvalue weighted by Crippen LogP contribution is 2.26. The number of urea groups is 1. The van der Waals surface area contributed by atoms with Crippen LogP contribution in [0.2, 0.25) is 5.15 Å². The number of halogens is 1. The Bertz CT molecular complexity index is 491. The number of anilines is 1. The van der Waals surface area contributed by atoms with Crippen LogP contribution in [0.1, 0.15) is 36.9 Å². The molecule has 1 aliphatic carbocycles. The number of hydrogen-bond donors (Lipinski definition) is 3. The third-order valence-corrected chi connectivity index (χ3v) is 4.25. The molecular weight excluding hydrogens is 290 g/mol.